The SMILES string of the molecule is C=CC[C@](C)(O)[C@@H](C)N(C)Cc1ccccc1. The van der Waals surface area contributed by atoms with Gasteiger partial charge in [-0.2, -0.15) is 0 Å². The van der Waals surface area contributed by atoms with Gasteiger partial charge < -0.3 is 5.11 Å². The molecule has 0 saturated heterocycles. The van der Waals surface area contributed by atoms with Crippen molar-refractivity contribution in [1.82, 2.24) is 4.90 Å². The van der Waals surface area contributed by atoms with E-state index in [0.29, 0.717) is 6.42 Å². The molecule has 0 bridgehead atoms. The molecule has 0 saturated carbocycles. The molecule has 0 fully saturated rings. The van der Waals surface area contributed by atoms with Crippen molar-refractivity contribution in [2.24, 2.45) is 0 Å². The van der Waals surface area contributed by atoms with E-state index in [0.717, 1.165) is 6.54 Å². The molecule has 0 radical (unpaired) electrons. The Bertz CT molecular complexity index is 345. The van der Waals surface area contributed by atoms with Gasteiger partial charge >= 0.3 is 0 Å². The van der Waals surface area contributed by atoms with Gasteiger partial charge in [0.05, 0.1) is 5.60 Å². The molecule has 0 aliphatic carbocycles. The topological polar surface area (TPSA) is 23.5 Å². The molecular formula is C15H23NO. The van der Waals surface area contributed by atoms with Gasteiger partial charge in [0.25, 0.3) is 0 Å². The summed E-state index contributed by atoms with van der Waals surface area (Å²) in [5.41, 5.74) is 0.530. The lowest BCUT2D eigenvalue weighted by molar-refractivity contribution is -0.0179. The van der Waals surface area contributed by atoms with Gasteiger partial charge in [0.15, 0.2) is 0 Å². The van der Waals surface area contributed by atoms with Crippen molar-refractivity contribution in [2.45, 2.75) is 38.5 Å². The normalized spacial score (nSPS) is 16.5. The number of benzene rings is 1. The molecule has 2 nitrogen and oxygen atoms in total. The van der Waals surface area contributed by atoms with Crippen molar-refractivity contribution >= 4 is 0 Å². The van der Waals surface area contributed by atoms with Crippen LogP contribution in [0, 0.1) is 0 Å². The van der Waals surface area contributed by atoms with E-state index in [9.17, 15) is 5.11 Å². The van der Waals surface area contributed by atoms with Crippen molar-refractivity contribution in [2.75, 3.05) is 7.05 Å². The summed E-state index contributed by atoms with van der Waals surface area (Å²) in [6.45, 7) is 8.45. The van der Waals surface area contributed by atoms with Gasteiger partial charge in [0.1, 0.15) is 0 Å². The Morgan fingerprint density at radius 3 is 2.53 bits per heavy atom. The maximum Gasteiger partial charge on any atom is 0.0805 e. The van der Waals surface area contributed by atoms with Crippen LogP contribution >= 0.6 is 0 Å². The van der Waals surface area contributed by atoms with Gasteiger partial charge in [0.2, 0.25) is 0 Å². The Morgan fingerprint density at radius 1 is 1.41 bits per heavy atom. The Kier molecular flexibility index (Phi) is 4.91. The van der Waals surface area contributed by atoms with Crippen molar-refractivity contribution < 1.29 is 5.11 Å². The average Bonchev–Trinajstić information content (AvgIpc) is 2.29. The molecule has 2 atom stereocenters. The van der Waals surface area contributed by atoms with Crippen LogP contribution in [0.4, 0.5) is 0 Å². The van der Waals surface area contributed by atoms with E-state index in [1.54, 1.807) is 6.08 Å². The van der Waals surface area contributed by atoms with E-state index in [-0.39, 0.29) is 6.04 Å². The van der Waals surface area contributed by atoms with Crippen LogP contribution in [0.1, 0.15) is 25.8 Å². The van der Waals surface area contributed by atoms with Gasteiger partial charge in [-0.15, -0.1) is 6.58 Å². The summed E-state index contributed by atoms with van der Waals surface area (Å²) in [5.74, 6) is 0. The minimum Gasteiger partial charge on any atom is -0.388 e. The second kappa shape index (κ2) is 5.99. The molecule has 0 unspecified atom stereocenters. The third-order valence-corrected chi connectivity index (χ3v) is 3.39. The third kappa shape index (κ3) is 3.99. The van der Waals surface area contributed by atoms with Gasteiger partial charge in [-0.3, -0.25) is 4.90 Å². The first kappa shape index (κ1) is 13.9. The number of hydrogen-bond donors (Lipinski definition) is 1. The van der Waals surface area contributed by atoms with Crippen molar-refractivity contribution in [3.63, 3.8) is 0 Å². The highest BCUT2D eigenvalue weighted by Crippen LogP contribution is 2.20. The molecule has 1 rings (SSSR count). The molecule has 1 aromatic rings. The van der Waals surface area contributed by atoms with Gasteiger partial charge in [-0.25, -0.2) is 0 Å². The van der Waals surface area contributed by atoms with Crippen LogP contribution in [0.5, 0.6) is 0 Å². The Hall–Kier alpha value is -1.12. The van der Waals surface area contributed by atoms with E-state index >= 15 is 0 Å². The zero-order valence-corrected chi connectivity index (χ0v) is 11.1. The van der Waals surface area contributed by atoms with Crippen LogP contribution in [0.15, 0.2) is 43.0 Å². The standard InChI is InChI=1S/C15H23NO/c1-5-11-15(3,17)13(2)16(4)12-14-9-7-6-8-10-14/h5-10,13,17H,1,11-12H2,2-4H3/t13-,15+/m1/s1. The highest BCUT2D eigenvalue weighted by atomic mass is 16.3. The molecule has 1 N–H and O–H groups in total. The summed E-state index contributed by atoms with van der Waals surface area (Å²) in [7, 11) is 2.04. The maximum absolute atomic E-state index is 10.3. The summed E-state index contributed by atoms with van der Waals surface area (Å²) >= 11 is 0. The fourth-order valence-electron chi connectivity index (χ4n) is 1.95. The van der Waals surface area contributed by atoms with Crippen molar-refractivity contribution in [3.05, 3.63) is 48.6 Å². The highest BCUT2D eigenvalue weighted by molar-refractivity contribution is 5.14. The molecule has 0 spiro atoms. The number of likely N-dealkylation sites (N-methyl/N-ethyl adjacent to an activating group) is 1. The summed E-state index contributed by atoms with van der Waals surface area (Å²) in [4.78, 5) is 2.17. The van der Waals surface area contributed by atoms with E-state index in [1.165, 1.54) is 5.56 Å². The van der Waals surface area contributed by atoms with E-state index < -0.39 is 5.60 Å². The van der Waals surface area contributed by atoms with E-state index in [1.807, 2.05) is 39.1 Å². The lowest BCUT2D eigenvalue weighted by Crippen LogP contribution is -2.47. The molecule has 1 aromatic carbocycles. The first-order valence-electron chi connectivity index (χ1n) is 6.05. The first-order chi connectivity index (χ1) is 7.97. The lowest BCUT2D eigenvalue weighted by Gasteiger charge is -2.36. The van der Waals surface area contributed by atoms with E-state index in [2.05, 4.69) is 23.6 Å². The zero-order valence-electron chi connectivity index (χ0n) is 11.1. The predicted molar refractivity (Wildman–Crippen MR) is 72.8 cm³/mol. The molecule has 0 aromatic heterocycles. The van der Waals surface area contributed by atoms with Crippen LogP contribution in [0.25, 0.3) is 0 Å². The Morgan fingerprint density at radius 2 is 2.00 bits per heavy atom. The number of aliphatic hydroxyl groups is 1. The monoisotopic (exact) mass is 233 g/mol. The predicted octanol–water partition coefficient (Wildman–Crippen LogP) is 2.83. The average molecular weight is 233 g/mol. The van der Waals surface area contributed by atoms with Crippen LogP contribution in [-0.4, -0.2) is 28.7 Å². The summed E-state index contributed by atoms with van der Waals surface area (Å²) < 4.78 is 0. The maximum atomic E-state index is 10.3. The molecular weight excluding hydrogens is 210 g/mol. The first-order valence-corrected chi connectivity index (χ1v) is 6.05. The van der Waals surface area contributed by atoms with Crippen LogP contribution < -0.4 is 0 Å². The molecule has 0 heterocycles. The number of hydrogen-bond acceptors (Lipinski definition) is 2. The third-order valence-electron chi connectivity index (χ3n) is 3.39. The van der Waals surface area contributed by atoms with Crippen LogP contribution in [0.2, 0.25) is 0 Å². The van der Waals surface area contributed by atoms with Crippen molar-refractivity contribution in [3.8, 4) is 0 Å². The summed E-state index contributed by atoms with van der Waals surface area (Å²) in [6.07, 6.45) is 2.38. The molecule has 94 valence electrons. The summed E-state index contributed by atoms with van der Waals surface area (Å²) in [5, 5.41) is 10.3. The Labute approximate surface area is 105 Å². The molecule has 0 amide bonds. The van der Waals surface area contributed by atoms with Crippen LogP contribution in [0.3, 0.4) is 0 Å². The Balaban J connectivity index is 2.64. The van der Waals surface area contributed by atoms with Gasteiger partial charge in [0, 0.05) is 12.6 Å². The lowest BCUT2D eigenvalue weighted by atomic mass is 9.93. The molecule has 0 aliphatic rings. The second-order valence-electron chi connectivity index (χ2n) is 4.93. The molecule has 17 heavy (non-hydrogen) atoms. The fraction of sp³-hybridized carbons (Fsp3) is 0.467. The number of rotatable bonds is 6. The second-order valence-corrected chi connectivity index (χ2v) is 4.93. The largest absolute Gasteiger partial charge is 0.388 e. The number of nitrogens with zero attached hydrogens (tertiary/aromatic N) is 1. The van der Waals surface area contributed by atoms with Gasteiger partial charge in [-0.1, -0.05) is 36.4 Å². The fourth-order valence-corrected chi connectivity index (χ4v) is 1.95. The smallest absolute Gasteiger partial charge is 0.0805 e. The minimum atomic E-state index is -0.731. The van der Waals surface area contributed by atoms with Crippen LogP contribution in [-0.2, 0) is 6.54 Å². The van der Waals surface area contributed by atoms with Crippen molar-refractivity contribution in [1.29, 1.82) is 0 Å². The van der Waals surface area contributed by atoms with E-state index in [4.69, 9.17) is 0 Å². The summed E-state index contributed by atoms with van der Waals surface area (Å²) in [6, 6.07) is 10.4. The zero-order chi connectivity index (χ0) is 12.9. The molecule has 2 heteroatoms. The van der Waals surface area contributed by atoms with Gasteiger partial charge in [-0.05, 0) is 32.9 Å². The highest BCUT2D eigenvalue weighted by Gasteiger charge is 2.29. The quantitative estimate of drug-likeness (QED) is 0.764. The molecule has 0 aliphatic heterocycles. The minimum absolute atomic E-state index is 0.0840.